The summed E-state index contributed by atoms with van der Waals surface area (Å²) in [6.45, 7) is 3.62. The van der Waals surface area contributed by atoms with Crippen molar-refractivity contribution < 1.29 is 4.48 Å². The summed E-state index contributed by atoms with van der Waals surface area (Å²) < 4.78 is 1.12. The van der Waals surface area contributed by atoms with Gasteiger partial charge in [0.05, 0.1) is 27.7 Å². The van der Waals surface area contributed by atoms with Gasteiger partial charge in [0.2, 0.25) is 0 Å². The maximum Gasteiger partial charge on any atom is 0.0780 e. The first-order chi connectivity index (χ1) is 8.56. The molecular formula is C17H41N2+. The van der Waals surface area contributed by atoms with Crippen LogP contribution in [-0.2, 0) is 0 Å². The van der Waals surface area contributed by atoms with Gasteiger partial charge in [-0.2, -0.15) is 0 Å². The van der Waals surface area contributed by atoms with Crippen LogP contribution in [0.25, 0.3) is 0 Å². The number of hydrogen-bond acceptors (Lipinski definition) is 1. The standard InChI is InChI=1S/C17H38N.H3N/c1-5-6-7-8-9-10-11-12-13-14-15-16-17-18(2,3)4;/h5-17H2,1-4H3;1H3/q+1;. The van der Waals surface area contributed by atoms with Crippen LogP contribution in [0, 0.1) is 0 Å². The van der Waals surface area contributed by atoms with Gasteiger partial charge in [0, 0.05) is 0 Å². The van der Waals surface area contributed by atoms with Crippen molar-refractivity contribution in [2.45, 2.75) is 84.0 Å². The number of nitrogens with zero attached hydrogens (tertiary/aromatic N) is 1. The van der Waals surface area contributed by atoms with Crippen LogP contribution in [0.5, 0.6) is 0 Å². The van der Waals surface area contributed by atoms with Gasteiger partial charge in [-0.3, -0.25) is 0 Å². The average molecular weight is 274 g/mol. The lowest BCUT2D eigenvalue weighted by molar-refractivity contribution is -0.870. The highest BCUT2D eigenvalue weighted by Crippen LogP contribution is 2.12. The van der Waals surface area contributed by atoms with E-state index in [9.17, 15) is 0 Å². The van der Waals surface area contributed by atoms with E-state index >= 15 is 0 Å². The Kier molecular flexibility index (Phi) is 16.0. The molecule has 0 aromatic carbocycles. The molecule has 19 heavy (non-hydrogen) atoms. The second-order valence-electron chi connectivity index (χ2n) is 6.90. The molecule has 0 radical (unpaired) electrons. The highest BCUT2D eigenvalue weighted by atomic mass is 15.3. The number of hydrogen-bond donors (Lipinski definition) is 1. The summed E-state index contributed by atoms with van der Waals surface area (Å²) in [5, 5.41) is 0. The summed E-state index contributed by atoms with van der Waals surface area (Å²) in [6.07, 6.45) is 17.4. The Morgan fingerprint density at radius 2 is 0.842 bits per heavy atom. The van der Waals surface area contributed by atoms with Crippen LogP contribution in [0.1, 0.15) is 84.0 Å². The molecule has 0 fully saturated rings. The Balaban J connectivity index is 0. The molecule has 0 bridgehead atoms. The third kappa shape index (κ3) is 20.4. The first-order valence-electron chi connectivity index (χ1n) is 8.36. The molecule has 0 saturated heterocycles. The smallest absolute Gasteiger partial charge is 0.0780 e. The van der Waals surface area contributed by atoms with Crippen molar-refractivity contribution >= 4 is 0 Å². The topological polar surface area (TPSA) is 35.0 Å². The lowest BCUT2D eigenvalue weighted by atomic mass is 10.1. The molecule has 0 heterocycles. The number of unbranched alkanes of at least 4 members (excludes halogenated alkanes) is 11. The Hall–Kier alpha value is -0.0800. The van der Waals surface area contributed by atoms with Crippen LogP contribution >= 0.6 is 0 Å². The lowest BCUT2D eigenvalue weighted by Gasteiger charge is -2.23. The molecule has 3 N–H and O–H groups in total. The third-order valence-corrected chi connectivity index (χ3v) is 3.68. The van der Waals surface area contributed by atoms with Crippen LogP contribution < -0.4 is 6.15 Å². The van der Waals surface area contributed by atoms with Gasteiger partial charge >= 0.3 is 0 Å². The summed E-state index contributed by atoms with van der Waals surface area (Å²) in [5.74, 6) is 0. The zero-order chi connectivity index (χ0) is 13.7. The molecule has 0 saturated carbocycles. The van der Waals surface area contributed by atoms with Gasteiger partial charge in [-0.25, -0.2) is 0 Å². The summed E-state index contributed by atoms with van der Waals surface area (Å²) in [7, 11) is 6.87. The van der Waals surface area contributed by atoms with E-state index in [4.69, 9.17) is 0 Å². The fraction of sp³-hybridized carbons (Fsp3) is 1.00. The predicted octanol–water partition coefficient (Wildman–Crippen LogP) is 5.56. The van der Waals surface area contributed by atoms with Crippen LogP contribution in [0.15, 0.2) is 0 Å². The molecule has 0 aromatic rings. The monoisotopic (exact) mass is 273 g/mol. The maximum absolute atomic E-state index is 2.29. The van der Waals surface area contributed by atoms with Crippen molar-refractivity contribution in [3.8, 4) is 0 Å². The van der Waals surface area contributed by atoms with Crippen LogP contribution in [-0.4, -0.2) is 32.2 Å². The minimum Gasteiger partial charge on any atom is -0.344 e. The number of quaternary nitrogens is 1. The normalized spacial score (nSPS) is 11.4. The van der Waals surface area contributed by atoms with E-state index in [-0.39, 0.29) is 6.15 Å². The quantitative estimate of drug-likeness (QED) is 0.346. The van der Waals surface area contributed by atoms with Gasteiger partial charge < -0.3 is 10.6 Å². The lowest BCUT2D eigenvalue weighted by Crippen LogP contribution is -2.35. The fourth-order valence-corrected chi connectivity index (χ4v) is 2.43. The molecule has 0 aliphatic carbocycles. The van der Waals surface area contributed by atoms with E-state index in [0.717, 1.165) is 4.48 Å². The highest BCUT2D eigenvalue weighted by molar-refractivity contribution is 4.48. The highest BCUT2D eigenvalue weighted by Gasteiger charge is 2.04. The maximum atomic E-state index is 2.29. The Labute approximate surface area is 123 Å². The molecule has 0 spiro atoms. The second-order valence-corrected chi connectivity index (χ2v) is 6.90. The van der Waals surface area contributed by atoms with E-state index in [0.29, 0.717) is 0 Å². The zero-order valence-electron chi connectivity index (χ0n) is 14.3. The molecule has 0 unspecified atom stereocenters. The summed E-state index contributed by atoms with van der Waals surface area (Å²) in [4.78, 5) is 0. The molecule has 0 aliphatic rings. The molecular weight excluding hydrogens is 232 g/mol. The van der Waals surface area contributed by atoms with Gasteiger partial charge in [0.1, 0.15) is 0 Å². The molecule has 118 valence electrons. The predicted molar refractivity (Wildman–Crippen MR) is 89.0 cm³/mol. The van der Waals surface area contributed by atoms with E-state index < -0.39 is 0 Å². The Morgan fingerprint density at radius 3 is 1.16 bits per heavy atom. The fourth-order valence-electron chi connectivity index (χ4n) is 2.43. The Morgan fingerprint density at radius 1 is 0.526 bits per heavy atom. The SMILES string of the molecule is CCCCCCCCCCCCCC[N+](C)(C)C.N. The van der Waals surface area contributed by atoms with Gasteiger partial charge in [-0.15, -0.1) is 0 Å². The van der Waals surface area contributed by atoms with Crippen LogP contribution in [0.4, 0.5) is 0 Å². The summed E-state index contributed by atoms with van der Waals surface area (Å²) in [5.41, 5.74) is 0. The molecule has 0 aromatic heterocycles. The van der Waals surface area contributed by atoms with Crippen molar-refractivity contribution in [2.75, 3.05) is 27.7 Å². The van der Waals surface area contributed by atoms with E-state index in [1.165, 1.54) is 83.6 Å². The van der Waals surface area contributed by atoms with E-state index in [2.05, 4.69) is 28.1 Å². The summed E-state index contributed by atoms with van der Waals surface area (Å²) in [6, 6.07) is 0. The molecule has 2 nitrogen and oxygen atoms in total. The van der Waals surface area contributed by atoms with Gasteiger partial charge in [-0.05, 0) is 12.8 Å². The number of rotatable bonds is 13. The third-order valence-electron chi connectivity index (χ3n) is 3.68. The second kappa shape index (κ2) is 14.3. The average Bonchev–Trinajstić information content (AvgIpc) is 2.29. The zero-order valence-corrected chi connectivity index (χ0v) is 14.3. The van der Waals surface area contributed by atoms with Crippen molar-refractivity contribution in [1.29, 1.82) is 0 Å². The minimum atomic E-state index is 0. The van der Waals surface area contributed by atoms with Crippen LogP contribution in [0.3, 0.4) is 0 Å². The van der Waals surface area contributed by atoms with Crippen molar-refractivity contribution in [3.05, 3.63) is 0 Å². The molecule has 0 atom stereocenters. The first kappa shape index (κ1) is 21.2. The summed E-state index contributed by atoms with van der Waals surface area (Å²) >= 11 is 0. The van der Waals surface area contributed by atoms with Gasteiger partial charge in [0.25, 0.3) is 0 Å². The molecule has 0 aliphatic heterocycles. The van der Waals surface area contributed by atoms with E-state index in [1.54, 1.807) is 0 Å². The van der Waals surface area contributed by atoms with E-state index in [1.807, 2.05) is 0 Å². The van der Waals surface area contributed by atoms with Crippen molar-refractivity contribution in [1.82, 2.24) is 6.15 Å². The van der Waals surface area contributed by atoms with Crippen LogP contribution in [0.2, 0.25) is 0 Å². The van der Waals surface area contributed by atoms with Gasteiger partial charge in [0.15, 0.2) is 0 Å². The first-order valence-corrected chi connectivity index (χ1v) is 8.36. The minimum absolute atomic E-state index is 0. The molecule has 0 amide bonds. The molecule has 2 heteroatoms. The Bertz CT molecular complexity index is 161. The largest absolute Gasteiger partial charge is 0.344 e. The van der Waals surface area contributed by atoms with Crippen molar-refractivity contribution in [2.24, 2.45) is 0 Å². The molecule has 0 rings (SSSR count). The van der Waals surface area contributed by atoms with Crippen molar-refractivity contribution in [3.63, 3.8) is 0 Å². The van der Waals surface area contributed by atoms with Gasteiger partial charge in [-0.1, -0.05) is 71.1 Å².